The minimum Gasteiger partial charge on any atom is -0.394 e. The third-order valence-corrected chi connectivity index (χ3v) is 13.1. The zero-order valence-corrected chi connectivity index (χ0v) is 48.1. The first-order chi connectivity index (χ1) is 40.1. The van der Waals surface area contributed by atoms with Crippen LogP contribution in [0.25, 0.3) is 0 Å². The van der Waals surface area contributed by atoms with Crippen LogP contribution in [0.5, 0.6) is 0 Å². The number of H-pyrrole nitrogens is 2. The van der Waals surface area contributed by atoms with Crippen molar-refractivity contribution in [2.75, 3.05) is 46.4 Å². The van der Waals surface area contributed by atoms with Gasteiger partial charge in [0.2, 0.25) is 65.0 Å². The van der Waals surface area contributed by atoms with Gasteiger partial charge in [0.1, 0.15) is 48.3 Å². The van der Waals surface area contributed by atoms with E-state index in [0.717, 1.165) is 0 Å². The van der Waals surface area contributed by atoms with E-state index in [1.165, 1.54) is 32.8 Å². The van der Waals surface area contributed by atoms with Gasteiger partial charge in [-0.05, 0) is 104 Å². The third kappa shape index (κ3) is 28.1. The minimum atomic E-state index is -1.58. The molecule has 0 fully saturated rings. The van der Waals surface area contributed by atoms with E-state index in [1.807, 2.05) is 0 Å². The lowest BCUT2D eigenvalue weighted by Gasteiger charge is -2.27. The van der Waals surface area contributed by atoms with Gasteiger partial charge in [-0.15, -0.1) is 0 Å². The van der Waals surface area contributed by atoms with Crippen molar-refractivity contribution < 1.29 is 57.8 Å². The predicted molar refractivity (Wildman–Crippen MR) is 305 cm³/mol. The molecule has 0 aliphatic rings. The number of unbranched alkanes of at least 4 members (excludes halogenated alkanes) is 3. The topological polar surface area (TPSA) is 552 Å². The molecular formula is C51H89N21O12. The van der Waals surface area contributed by atoms with E-state index in [9.17, 15) is 57.8 Å². The molecule has 33 heteroatoms. The first kappa shape index (κ1) is 71.8. The largest absolute Gasteiger partial charge is 0.394 e. The number of hydrogen-bond acceptors (Lipinski definition) is 18. The molecule has 0 aliphatic heterocycles. The van der Waals surface area contributed by atoms with Crippen LogP contribution < -0.4 is 87.2 Å². The predicted octanol–water partition coefficient (Wildman–Crippen LogP) is -6.78. The lowest BCUT2D eigenvalue weighted by Crippen LogP contribution is -2.60. The summed E-state index contributed by atoms with van der Waals surface area (Å²) < 4.78 is 0. The lowest BCUT2D eigenvalue weighted by atomic mass is 10.0. The number of rotatable bonds is 43. The van der Waals surface area contributed by atoms with Gasteiger partial charge in [-0.2, -0.15) is 0 Å². The van der Waals surface area contributed by atoms with Gasteiger partial charge in [0.05, 0.1) is 25.8 Å². The number of likely N-dealkylation sites (N-methyl/N-ethyl adjacent to an activating group) is 1. The summed E-state index contributed by atoms with van der Waals surface area (Å²) in [6.45, 7) is 2.39. The molecule has 0 unspecified atom stereocenters. The van der Waals surface area contributed by atoms with Gasteiger partial charge >= 0.3 is 0 Å². The highest BCUT2D eigenvalue weighted by molar-refractivity contribution is 5.98. The normalized spacial score (nSPS) is 14.2. The van der Waals surface area contributed by atoms with E-state index in [2.05, 4.69) is 78.4 Å². The van der Waals surface area contributed by atoms with Gasteiger partial charge in [-0.3, -0.25) is 58.1 Å². The first-order valence-electron chi connectivity index (χ1n) is 28.0. The number of primary amides is 1. The molecule has 470 valence electrons. The Kier molecular flexibility index (Phi) is 34.2. The van der Waals surface area contributed by atoms with Crippen LogP contribution in [0, 0.1) is 11.3 Å². The number of aliphatic hydroxyl groups excluding tert-OH is 1. The maximum Gasteiger partial charge on any atom is 0.245 e. The van der Waals surface area contributed by atoms with Gasteiger partial charge in [-0.1, -0.05) is 6.92 Å². The Morgan fingerprint density at radius 1 is 0.512 bits per heavy atom. The second-order valence-corrected chi connectivity index (χ2v) is 20.0. The molecule has 0 aliphatic carbocycles. The Labute approximate surface area is 487 Å². The maximum absolute atomic E-state index is 14.3. The van der Waals surface area contributed by atoms with E-state index < -0.39 is 145 Å². The number of amides is 11. The number of aromatic nitrogens is 4. The minimum absolute atomic E-state index is 0.0417. The molecule has 25 N–H and O–H groups in total. The number of guanidine groups is 1. The smallest absolute Gasteiger partial charge is 0.245 e. The van der Waals surface area contributed by atoms with Crippen molar-refractivity contribution in [3.8, 4) is 0 Å². The van der Waals surface area contributed by atoms with E-state index in [1.54, 1.807) is 13.1 Å². The zero-order valence-electron chi connectivity index (χ0n) is 48.1. The SMILES string of the molecule is CNC(=O)[C@H](C)NC(=O)[C@H](CCCCN)NC(=O)[C@H](CCCNC(=N)N)NC(=O)[C@H](CCCCN)NC(=O)[C@H](CCC(N)=O)NC(=O)[C@H](Cc1cnc[nH]1)NC(=O)CNC(=O)[C@H](CCCCN)NC(=O)[C@H](CO)NC(=O)[C@@H](C)Cc1cnc[nH]1. The summed E-state index contributed by atoms with van der Waals surface area (Å²) >= 11 is 0. The van der Waals surface area contributed by atoms with Crippen LogP contribution in [-0.2, 0) is 65.6 Å². The number of aliphatic hydroxyl groups is 1. The molecule has 2 heterocycles. The number of hydrogen-bond donors (Lipinski definition) is 20. The molecule has 11 amide bonds. The van der Waals surface area contributed by atoms with E-state index in [4.69, 9.17) is 34.1 Å². The molecule has 0 saturated carbocycles. The van der Waals surface area contributed by atoms with Crippen molar-refractivity contribution in [3.63, 3.8) is 0 Å². The molecule has 84 heavy (non-hydrogen) atoms. The van der Waals surface area contributed by atoms with Crippen molar-refractivity contribution >= 4 is 70.9 Å². The molecule has 9 atom stereocenters. The summed E-state index contributed by atoms with van der Waals surface area (Å²) in [4.78, 5) is 162. The van der Waals surface area contributed by atoms with Crippen molar-refractivity contribution in [2.24, 2.45) is 34.6 Å². The summed E-state index contributed by atoms with van der Waals surface area (Å²) in [5, 5.41) is 45.6. The van der Waals surface area contributed by atoms with Gasteiger partial charge in [-0.25, -0.2) is 9.97 Å². The van der Waals surface area contributed by atoms with E-state index in [0.29, 0.717) is 50.0 Å². The number of carbonyl (C=O) groups is 11. The van der Waals surface area contributed by atoms with Crippen molar-refractivity contribution in [2.45, 2.75) is 158 Å². The number of carbonyl (C=O) groups excluding carboxylic acids is 11. The fourth-order valence-electron chi connectivity index (χ4n) is 8.28. The summed E-state index contributed by atoms with van der Waals surface area (Å²) in [5.41, 5.74) is 29.1. The third-order valence-electron chi connectivity index (χ3n) is 13.1. The second kappa shape index (κ2) is 40.0. The Balaban J connectivity index is 2.38. The maximum atomic E-state index is 14.3. The quantitative estimate of drug-likeness (QED) is 0.0167. The second-order valence-electron chi connectivity index (χ2n) is 20.0. The average Bonchev–Trinajstić information content (AvgIpc) is 4.31. The van der Waals surface area contributed by atoms with Crippen molar-refractivity contribution in [1.82, 2.24) is 78.4 Å². The highest BCUT2D eigenvalue weighted by Gasteiger charge is 2.34. The number of nitrogens with two attached hydrogens (primary N) is 5. The molecule has 0 aromatic carbocycles. The number of nitrogens with one attached hydrogen (secondary N) is 14. The lowest BCUT2D eigenvalue weighted by molar-refractivity contribution is -0.136. The Hall–Kier alpha value is -8.30. The summed E-state index contributed by atoms with van der Waals surface area (Å²) in [7, 11) is 1.39. The van der Waals surface area contributed by atoms with Crippen LogP contribution >= 0.6 is 0 Å². The fraction of sp³-hybridized carbons (Fsp3) is 0.647. The van der Waals surface area contributed by atoms with Gasteiger partial charge in [0, 0.05) is 62.6 Å². The van der Waals surface area contributed by atoms with Crippen LogP contribution in [0.3, 0.4) is 0 Å². The van der Waals surface area contributed by atoms with Crippen LogP contribution in [0.15, 0.2) is 25.0 Å². The number of nitrogens with zero attached hydrogens (tertiary/aromatic N) is 2. The van der Waals surface area contributed by atoms with Gasteiger partial charge in [0.25, 0.3) is 0 Å². The molecule has 2 aromatic heterocycles. The van der Waals surface area contributed by atoms with Crippen LogP contribution in [0.1, 0.15) is 109 Å². The Morgan fingerprint density at radius 2 is 0.929 bits per heavy atom. The molecule has 2 aromatic rings. The average molecular weight is 1190 g/mol. The standard InChI is InChI=1S/C51H89N21O12/c1-29(21-31-23-59-27-63-31)42(76)72-39(26-73)50(84)67-33(11-4-7-17-52)44(78)62-25-41(75)66-38(22-32-24-60-28-64-32)49(83)71-37(15-16-40(55)74)48(82)69-35(13-6-9-19-54)46(80)70-36(14-10-20-61-51(56)57)47(81)68-34(12-5-8-18-53)45(79)65-30(2)43(77)58-3/h23-24,27-30,33-39,73H,4-22,25-26,52-54H2,1-3H3,(H2,55,74)(H,58,77)(H,59,63)(H,60,64)(H,62,78)(H,65,79)(H,66,75)(H,67,84)(H,68,81)(H,69,82)(H,70,80)(H,71,83)(H,72,76)(H4,56,57,61)/t29-,30-,33-,34-,35-,36-,37-,38-,39-/m0/s1. The molecular weight excluding hydrogens is 1100 g/mol. The van der Waals surface area contributed by atoms with Crippen LogP contribution in [-0.4, -0.2) is 191 Å². The Morgan fingerprint density at radius 3 is 1.36 bits per heavy atom. The highest BCUT2D eigenvalue weighted by Crippen LogP contribution is 2.11. The molecule has 33 nitrogen and oxygen atoms in total. The molecule has 0 radical (unpaired) electrons. The highest BCUT2D eigenvalue weighted by atomic mass is 16.3. The molecule has 0 spiro atoms. The van der Waals surface area contributed by atoms with Crippen LogP contribution in [0.4, 0.5) is 0 Å². The van der Waals surface area contributed by atoms with Gasteiger partial charge in [0.15, 0.2) is 5.96 Å². The summed E-state index contributed by atoms with van der Waals surface area (Å²) in [6.07, 6.45) is 7.46. The molecule has 2 rings (SSSR count). The Bertz CT molecular complexity index is 2410. The van der Waals surface area contributed by atoms with Crippen molar-refractivity contribution in [3.05, 3.63) is 36.4 Å². The fourth-order valence-corrected chi connectivity index (χ4v) is 8.28. The molecule has 0 bridgehead atoms. The first-order valence-corrected chi connectivity index (χ1v) is 28.0. The number of aromatic amines is 2. The molecule has 0 saturated heterocycles. The number of imidazole rings is 2. The summed E-state index contributed by atoms with van der Waals surface area (Å²) in [5.74, 6) is -9.79. The van der Waals surface area contributed by atoms with Crippen LogP contribution in [0.2, 0.25) is 0 Å². The monoisotopic (exact) mass is 1190 g/mol. The zero-order chi connectivity index (χ0) is 62.6. The summed E-state index contributed by atoms with van der Waals surface area (Å²) in [6, 6.07) is -10.7. The van der Waals surface area contributed by atoms with Crippen molar-refractivity contribution in [1.29, 1.82) is 5.41 Å². The van der Waals surface area contributed by atoms with Gasteiger partial charge < -0.3 is 102 Å². The van der Waals surface area contributed by atoms with E-state index >= 15 is 0 Å². The van der Waals surface area contributed by atoms with E-state index in [-0.39, 0.29) is 77.0 Å².